The van der Waals surface area contributed by atoms with Gasteiger partial charge in [0.05, 0.1) is 18.1 Å². The van der Waals surface area contributed by atoms with Crippen molar-refractivity contribution in [2.45, 2.75) is 25.3 Å². The van der Waals surface area contributed by atoms with Crippen LogP contribution in [-0.4, -0.2) is 15.3 Å². The molecule has 0 radical (unpaired) electrons. The standard InChI is InChI=1S/C20H18N2O/c23-20-17-11-5-4-7-15(17)10-6-12-19(20)22-13-18(21-14-22)16-8-2-1-3-9-16/h1-5,7-9,11,13-14,19H,6,10,12H2. The van der Waals surface area contributed by atoms with Crippen LogP contribution in [0.2, 0.25) is 0 Å². The van der Waals surface area contributed by atoms with Crippen LogP contribution in [0, 0.1) is 0 Å². The molecule has 0 bridgehead atoms. The van der Waals surface area contributed by atoms with E-state index in [0.717, 1.165) is 36.1 Å². The highest BCUT2D eigenvalue weighted by atomic mass is 16.1. The molecule has 1 atom stereocenters. The lowest BCUT2D eigenvalue weighted by Crippen LogP contribution is -2.17. The Labute approximate surface area is 135 Å². The third-order valence-corrected chi connectivity index (χ3v) is 4.54. The van der Waals surface area contributed by atoms with Crippen LogP contribution < -0.4 is 0 Å². The zero-order valence-electron chi connectivity index (χ0n) is 12.9. The van der Waals surface area contributed by atoms with Gasteiger partial charge in [0.15, 0.2) is 5.78 Å². The van der Waals surface area contributed by atoms with Gasteiger partial charge in [-0.3, -0.25) is 4.79 Å². The highest BCUT2D eigenvalue weighted by molar-refractivity contribution is 6.00. The summed E-state index contributed by atoms with van der Waals surface area (Å²) in [6.45, 7) is 0. The fourth-order valence-corrected chi connectivity index (χ4v) is 3.32. The topological polar surface area (TPSA) is 34.9 Å². The van der Waals surface area contributed by atoms with Crippen LogP contribution in [0.15, 0.2) is 67.1 Å². The van der Waals surface area contributed by atoms with Crippen LogP contribution in [0.3, 0.4) is 0 Å². The summed E-state index contributed by atoms with van der Waals surface area (Å²) in [6.07, 6.45) is 6.63. The molecular formula is C20H18N2O. The largest absolute Gasteiger partial charge is 0.326 e. The normalized spacial score (nSPS) is 17.6. The number of hydrogen-bond acceptors (Lipinski definition) is 2. The summed E-state index contributed by atoms with van der Waals surface area (Å²) in [4.78, 5) is 17.4. The number of benzene rings is 2. The third-order valence-electron chi connectivity index (χ3n) is 4.54. The van der Waals surface area contributed by atoms with E-state index in [1.165, 1.54) is 5.56 Å². The van der Waals surface area contributed by atoms with E-state index < -0.39 is 0 Å². The molecule has 4 rings (SSSR count). The van der Waals surface area contributed by atoms with Crippen LogP contribution in [0.1, 0.15) is 34.8 Å². The predicted molar refractivity (Wildman–Crippen MR) is 90.4 cm³/mol. The molecule has 0 saturated heterocycles. The molecule has 0 amide bonds. The lowest BCUT2D eigenvalue weighted by atomic mass is 10.0. The zero-order chi connectivity index (χ0) is 15.6. The number of hydrogen-bond donors (Lipinski definition) is 0. The van der Waals surface area contributed by atoms with Gasteiger partial charge in [-0.05, 0) is 24.8 Å². The maximum absolute atomic E-state index is 12.9. The predicted octanol–water partition coefficient (Wildman–Crippen LogP) is 4.31. The van der Waals surface area contributed by atoms with E-state index in [9.17, 15) is 4.79 Å². The van der Waals surface area contributed by atoms with E-state index in [1.807, 2.05) is 59.3 Å². The molecule has 0 spiro atoms. The lowest BCUT2D eigenvalue weighted by molar-refractivity contribution is 0.0921. The smallest absolute Gasteiger partial charge is 0.185 e. The summed E-state index contributed by atoms with van der Waals surface area (Å²) < 4.78 is 1.98. The monoisotopic (exact) mass is 302 g/mol. The maximum atomic E-state index is 12.9. The van der Waals surface area contributed by atoms with Crippen LogP contribution in [-0.2, 0) is 6.42 Å². The molecule has 2 aromatic carbocycles. The van der Waals surface area contributed by atoms with Gasteiger partial charge >= 0.3 is 0 Å². The number of carbonyl (C=O) groups is 1. The Morgan fingerprint density at radius 2 is 1.78 bits per heavy atom. The van der Waals surface area contributed by atoms with E-state index in [-0.39, 0.29) is 11.8 Å². The SMILES string of the molecule is O=C1c2ccccc2CCCC1n1cnc(-c2ccccc2)c1. The fraction of sp³-hybridized carbons (Fsp3) is 0.200. The molecule has 1 heterocycles. The molecule has 0 saturated carbocycles. The first-order valence-electron chi connectivity index (χ1n) is 8.04. The van der Waals surface area contributed by atoms with Gasteiger partial charge in [0.25, 0.3) is 0 Å². The highest BCUT2D eigenvalue weighted by Crippen LogP contribution is 2.29. The molecule has 0 aliphatic heterocycles. The van der Waals surface area contributed by atoms with E-state index in [2.05, 4.69) is 11.1 Å². The van der Waals surface area contributed by atoms with Crippen molar-refractivity contribution in [3.63, 3.8) is 0 Å². The number of fused-ring (bicyclic) bond motifs is 1. The quantitative estimate of drug-likeness (QED) is 0.661. The minimum absolute atomic E-state index is 0.149. The van der Waals surface area contributed by atoms with Gasteiger partial charge in [0.1, 0.15) is 0 Å². The van der Waals surface area contributed by atoms with Gasteiger partial charge in [-0.15, -0.1) is 0 Å². The van der Waals surface area contributed by atoms with Crippen LogP contribution in [0.4, 0.5) is 0 Å². The number of aryl methyl sites for hydroxylation is 1. The van der Waals surface area contributed by atoms with Gasteiger partial charge in [-0.1, -0.05) is 54.6 Å². The summed E-state index contributed by atoms with van der Waals surface area (Å²) in [6, 6.07) is 17.9. The fourth-order valence-electron chi connectivity index (χ4n) is 3.32. The van der Waals surface area contributed by atoms with E-state index in [1.54, 1.807) is 6.33 Å². The molecule has 23 heavy (non-hydrogen) atoms. The number of ketones is 1. The molecule has 1 aliphatic rings. The Kier molecular flexibility index (Phi) is 3.54. The average Bonchev–Trinajstić information content (AvgIpc) is 3.03. The molecule has 114 valence electrons. The maximum Gasteiger partial charge on any atom is 0.185 e. The second-order valence-electron chi connectivity index (χ2n) is 6.00. The molecule has 1 unspecified atom stereocenters. The number of rotatable bonds is 2. The first-order valence-corrected chi connectivity index (χ1v) is 8.04. The Morgan fingerprint density at radius 1 is 1.00 bits per heavy atom. The van der Waals surface area contributed by atoms with Crippen LogP contribution in [0.5, 0.6) is 0 Å². The zero-order valence-corrected chi connectivity index (χ0v) is 12.9. The Bertz CT molecular complexity index is 836. The van der Waals surface area contributed by atoms with Crippen molar-refractivity contribution < 1.29 is 4.79 Å². The first kappa shape index (κ1) is 13.9. The summed E-state index contributed by atoms with van der Waals surface area (Å²) in [5.74, 6) is 0.204. The molecule has 1 aromatic heterocycles. The van der Waals surface area contributed by atoms with Gasteiger partial charge < -0.3 is 4.57 Å². The summed E-state index contributed by atoms with van der Waals surface area (Å²) >= 11 is 0. The van der Waals surface area contributed by atoms with Crippen molar-refractivity contribution in [3.8, 4) is 11.3 Å². The van der Waals surface area contributed by atoms with E-state index in [4.69, 9.17) is 0 Å². The second-order valence-corrected chi connectivity index (χ2v) is 6.00. The van der Waals surface area contributed by atoms with Gasteiger partial charge in [0.2, 0.25) is 0 Å². The van der Waals surface area contributed by atoms with Crippen LogP contribution >= 0.6 is 0 Å². The number of Topliss-reactive ketones (excluding diaryl/α,β-unsaturated/α-hetero) is 1. The summed E-state index contributed by atoms with van der Waals surface area (Å²) in [5, 5.41) is 0. The van der Waals surface area contributed by atoms with Gasteiger partial charge in [-0.25, -0.2) is 4.98 Å². The Morgan fingerprint density at radius 3 is 2.65 bits per heavy atom. The highest BCUT2D eigenvalue weighted by Gasteiger charge is 2.26. The van der Waals surface area contributed by atoms with Crippen molar-refractivity contribution in [1.82, 2.24) is 9.55 Å². The Hall–Kier alpha value is -2.68. The molecular weight excluding hydrogens is 284 g/mol. The second kappa shape index (κ2) is 5.84. The summed E-state index contributed by atoms with van der Waals surface area (Å²) in [7, 11) is 0. The van der Waals surface area contributed by atoms with Crippen molar-refractivity contribution in [2.75, 3.05) is 0 Å². The summed E-state index contributed by atoms with van der Waals surface area (Å²) in [5.41, 5.74) is 4.03. The molecule has 0 N–H and O–H groups in total. The number of aromatic nitrogens is 2. The van der Waals surface area contributed by atoms with Gasteiger partial charge in [-0.2, -0.15) is 0 Å². The third kappa shape index (κ3) is 2.59. The number of imidazole rings is 1. The average molecular weight is 302 g/mol. The van der Waals surface area contributed by atoms with Crippen molar-refractivity contribution >= 4 is 5.78 Å². The van der Waals surface area contributed by atoms with E-state index in [0.29, 0.717) is 0 Å². The Balaban J connectivity index is 1.69. The molecule has 3 nitrogen and oxygen atoms in total. The molecule has 3 aromatic rings. The lowest BCUT2D eigenvalue weighted by Gasteiger charge is -2.15. The van der Waals surface area contributed by atoms with Crippen molar-refractivity contribution in [1.29, 1.82) is 0 Å². The molecule has 0 fully saturated rings. The van der Waals surface area contributed by atoms with Crippen LogP contribution in [0.25, 0.3) is 11.3 Å². The van der Waals surface area contributed by atoms with Crippen molar-refractivity contribution in [3.05, 3.63) is 78.2 Å². The minimum Gasteiger partial charge on any atom is -0.326 e. The molecule has 1 aliphatic carbocycles. The van der Waals surface area contributed by atoms with Gasteiger partial charge in [0, 0.05) is 17.3 Å². The first-order chi connectivity index (χ1) is 11.3. The minimum atomic E-state index is -0.149. The number of carbonyl (C=O) groups excluding carboxylic acids is 1. The number of nitrogens with zero attached hydrogens (tertiary/aromatic N) is 2. The molecule has 3 heteroatoms. The van der Waals surface area contributed by atoms with Crippen molar-refractivity contribution in [2.24, 2.45) is 0 Å². The van der Waals surface area contributed by atoms with E-state index >= 15 is 0 Å².